The third-order valence-corrected chi connectivity index (χ3v) is 7.39. The van der Waals surface area contributed by atoms with Crippen LogP contribution < -0.4 is 5.69 Å². The zero-order valence-electron chi connectivity index (χ0n) is 20.9. The third kappa shape index (κ3) is 4.78. The largest absolute Gasteiger partial charge is 0.353 e. The molecular formula is C27H31N7O2. The second-order valence-electron chi connectivity index (χ2n) is 10.7. The predicted molar refractivity (Wildman–Crippen MR) is 136 cm³/mol. The number of hydrogen-bond acceptors (Lipinski definition) is 6. The first-order chi connectivity index (χ1) is 17.3. The molecule has 0 unspecified atom stereocenters. The number of aromatic amines is 1. The fourth-order valence-corrected chi connectivity index (χ4v) is 5.17. The number of aromatic nitrogens is 7. The van der Waals surface area contributed by atoms with Crippen molar-refractivity contribution in [1.82, 2.24) is 35.0 Å². The van der Waals surface area contributed by atoms with Gasteiger partial charge >= 0.3 is 5.69 Å². The molecule has 1 aliphatic rings. The van der Waals surface area contributed by atoms with E-state index in [4.69, 9.17) is 0 Å². The minimum absolute atomic E-state index is 0.136. The molecule has 0 atom stereocenters. The Morgan fingerprint density at radius 3 is 2.33 bits per heavy atom. The number of H-pyrrole nitrogens is 1. The SMILES string of the molecule is CC(C)(C)C1CCC(C(=O)n2ncn(Cc3ccc(-c4ccccc4-c4nnn[nH]4)cc3)c2=O)CC1. The summed E-state index contributed by atoms with van der Waals surface area (Å²) < 4.78 is 2.54. The molecule has 1 N–H and O–H groups in total. The predicted octanol–water partition coefficient (Wildman–Crippen LogP) is 4.43. The Balaban J connectivity index is 1.29. The number of tetrazole rings is 1. The summed E-state index contributed by atoms with van der Waals surface area (Å²) in [6.07, 6.45) is 5.11. The summed E-state index contributed by atoms with van der Waals surface area (Å²) in [6, 6.07) is 15.9. The van der Waals surface area contributed by atoms with E-state index in [2.05, 4.69) is 46.5 Å². The lowest BCUT2D eigenvalue weighted by Crippen LogP contribution is -2.36. The normalized spacial score (nSPS) is 18.3. The fourth-order valence-electron chi connectivity index (χ4n) is 5.17. The van der Waals surface area contributed by atoms with Gasteiger partial charge in [-0.2, -0.15) is 5.10 Å². The molecule has 5 rings (SSSR count). The highest BCUT2D eigenvalue weighted by Gasteiger charge is 2.33. The molecular weight excluding hydrogens is 454 g/mol. The lowest BCUT2D eigenvalue weighted by atomic mass is 9.70. The highest BCUT2D eigenvalue weighted by atomic mass is 16.2. The molecule has 1 aliphatic carbocycles. The maximum atomic E-state index is 13.0. The molecule has 0 radical (unpaired) electrons. The molecule has 2 heterocycles. The summed E-state index contributed by atoms with van der Waals surface area (Å²) in [7, 11) is 0. The van der Waals surface area contributed by atoms with Crippen LogP contribution in [0, 0.1) is 17.3 Å². The van der Waals surface area contributed by atoms with Crippen LogP contribution in [-0.2, 0) is 6.54 Å². The minimum Gasteiger partial charge on any atom is -0.277 e. The fraction of sp³-hybridized carbons (Fsp3) is 0.407. The van der Waals surface area contributed by atoms with E-state index >= 15 is 0 Å². The summed E-state index contributed by atoms with van der Waals surface area (Å²) >= 11 is 0. The Kier molecular flexibility index (Phi) is 6.38. The van der Waals surface area contributed by atoms with Crippen LogP contribution >= 0.6 is 0 Å². The van der Waals surface area contributed by atoms with E-state index in [9.17, 15) is 9.59 Å². The van der Waals surface area contributed by atoms with E-state index < -0.39 is 0 Å². The monoisotopic (exact) mass is 485 g/mol. The third-order valence-electron chi connectivity index (χ3n) is 7.39. The highest BCUT2D eigenvalue weighted by Crippen LogP contribution is 2.40. The Morgan fingerprint density at radius 2 is 1.69 bits per heavy atom. The Labute approximate surface area is 209 Å². The van der Waals surface area contributed by atoms with E-state index in [0.717, 1.165) is 52.6 Å². The van der Waals surface area contributed by atoms with Crippen molar-refractivity contribution < 1.29 is 4.79 Å². The van der Waals surface area contributed by atoms with Gasteiger partial charge in [0.25, 0.3) is 5.91 Å². The molecule has 9 nitrogen and oxygen atoms in total. The number of carbonyl (C=O) groups excluding carboxylic acids is 1. The number of carbonyl (C=O) groups is 1. The van der Waals surface area contributed by atoms with Gasteiger partial charge in [0, 0.05) is 11.5 Å². The van der Waals surface area contributed by atoms with Crippen molar-refractivity contribution in [3.63, 3.8) is 0 Å². The quantitative estimate of drug-likeness (QED) is 0.448. The van der Waals surface area contributed by atoms with Crippen molar-refractivity contribution in [3.8, 4) is 22.5 Å². The molecule has 0 aliphatic heterocycles. The lowest BCUT2D eigenvalue weighted by Gasteiger charge is -2.36. The van der Waals surface area contributed by atoms with Gasteiger partial charge in [0.1, 0.15) is 6.33 Å². The minimum atomic E-state index is -0.384. The zero-order valence-corrected chi connectivity index (χ0v) is 20.9. The van der Waals surface area contributed by atoms with Crippen molar-refractivity contribution in [1.29, 1.82) is 0 Å². The number of nitrogens with one attached hydrogen (secondary N) is 1. The lowest BCUT2D eigenvalue weighted by molar-refractivity contribution is 0.0711. The number of hydrogen-bond donors (Lipinski definition) is 1. The van der Waals surface area contributed by atoms with E-state index in [1.807, 2.05) is 48.5 Å². The maximum Gasteiger partial charge on any atom is 0.353 e. The molecule has 2 aromatic heterocycles. The van der Waals surface area contributed by atoms with Gasteiger partial charge < -0.3 is 0 Å². The summed E-state index contributed by atoms with van der Waals surface area (Å²) in [4.78, 5) is 26.0. The molecule has 186 valence electrons. The van der Waals surface area contributed by atoms with Crippen LogP contribution in [0.15, 0.2) is 59.7 Å². The average Bonchev–Trinajstić information content (AvgIpc) is 3.54. The summed E-state index contributed by atoms with van der Waals surface area (Å²) in [5.41, 5.74) is 3.72. The van der Waals surface area contributed by atoms with Gasteiger partial charge in [-0.25, -0.2) is 9.89 Å². The van der Waals surface area contributed by atoms with E-state index in [0.29, 0.717) is 18.3 Å². The number of benzene rings is 2. The second-order valence-corrected chi connectivity index (χ2v) is 10.7. The van der Waals surface area contributed by atoms with Crippen molar-refractivity contribution in [3.05, 3.63) is 70.9 Å². The molecule has 1 fully saturated rings. The summed E-state index contributed by atoms with van der Waals surface area (Å²) in [5, 5.41) is 18.3. The first-order valence-electron chi connectivity index (χ1n) is 12.4. The molecule has 36 heavy (non-hydrogen) atoms. The van der Waals surface area contributed by atoms with E-state index in [-0.39, 0.29) is 22.9 Å². The molecule has 2 aromatic carbocycles. The van der Waals surface area contributed by atoms with Gasteiger partial charge in [-0.1, -0.05) is 69.3 Å². The van der Waals surface area contributed by atoms with Crippen LogP contribution in [0.3, 0.4) is 0 Å². The van der Waals surface area contributed by atoms with Crippen molar-refractivity contribution >= 4 is 5.91 Å². The highest BCUT2D eigenvalue weighted by molar-refractivity contribution is 5.81. The van der Waals surface area contributed by atoms with Crippen LogP contribution in [0.4, 0.5) is 0 Å². The van der Waals surface area contributed by atoms with Crippen molar-refractivity contribution in [2.45, 2.75) is 53.0 Å². The second kappa shape index (κ2) is 9.64. The number of nitrogens with zero attached hydrogens (tertiary/aromatic N) is 6. The smallest absolute Gasteiger partial charge is 0.277 e. The standard InChI is InChI=1S/C27H31N7O2/c1-27(2,3)21-14-12-20(13-15-21)25(35)34-26(36)33(17-28-34)16-18-8-10-19(11-9-18)22-6-4-5-7-23(22)24-29-31-32-30-24/h4-11,17,20-21H,12-16H2,1-3H3,(H,29,30,31,32). The Hall–Kier alpha value is -3.88. The van der Waals surface area contributed by atoms with E-state index in [1.165, 1.54) is 10.9 Å². The molecule has 4 aromatic rings. The molecule has 0 spiro atoms. The van der Waals surface area contributed by atoms with E-state index in [1.54, 1.807) is 0 Å². The first-order valence-corrected chi connectivity index (χ1v) is 12.4. The Morgan fingerprint density at radius 1 is 1.00 bits per heavy atom. The van der Waals surface area contributed by atoms with Crippen LogP contribution in [-0.4, -0.2) is 40.9 Å². The number of rotatable bonds is 5. The molecule has 9 heteroatoms. The van der Waals surface area contributed by atoms with Gasteiger partial charge in [0.15, 0.2) is 5.82 Å². The van der Waals surface area contributed by atoms with Gasteiger partial charge in [-0.05, 0) is 64.1 Å². The van der Waals surface area contributed by atoms with Crippen molar-refractivity contribution in [2.75, 3.05) is 0 Å². The van der Waals surface area contributed by atoms with Gasteiger partial charge in [-0.3, -0.25) is 9.36 Å². The van der Waals surface area contributed by atoms with Gasteiger partial charge in [0.05, 0.1) is 6.54 Å². The van der Waals surface area contributed by atoms with Crippen LogP contribution in [0.1, 0.15) is 56.8 Å². The molecule has 0 bridgehead atoms. The van der Waals surface area contributed by atoms with Crippen LogP contribution in [0.25, 0.3) is 22.5 Å². The molecule has 0 saturated heterocycles. The average molecular weight is 486 g/mol. The molecule has 1 saturated carbocycles. The summed E-state index contributed by atoms with van der Waals surface area (Å²) in [5.74, 6) is 0.895. The molecule has 0 amide bonds. The van der Waals surface area contributed by atoms with Crippen molar-refractivity contribution in [2.24, 2.45) is 17.3 Å². The summed E-state index contributed by atoms with van der Waals surface area (Å²) in [6.45, 7) is 7.11. The first kappa shape index (κ1) is 23.8. The van der Waals surface area contributed by atoms with Crippen LogP contribution in [0.2, 0.25) is 0 Å². The topological polar surface area (TPSA) is 111 Å². The zero-order chi connectivity index (χ0) is 25.3. The van der Waals surface area contributed by atoms with Gasteiger partial charge in [0.2, 0.25) is 0 Å². The van der Waals surface area contributed by atoms with Crippen LogP contribution in [0.5, 0.6) is 0 Å². The Bertz CT molecular complexity index is 1390. The maximum absolute atomic E-state index is 13.0. The van der Waals surface area contributed by atoms with Gasteiger partial charge in [-0.15, -0.1) is 9.78 Å².